The zero-order valence-electron chi connectivity index (χ0n) is 8.01. The molecule has 5 heteroatoms. The Kier molecular flexibility index (Phi) is 2.51. The van der Waals surface area contributed by atoms with Crippen molar-refractivity contribution >= 4 is 17.9 Å². The minimum Gasteiger partial charge on any atom is -0.298 e. The molecule has 2 heterocycles. The van der Waals surface area contributed by atoms with Crippen LogP contribution in [0.5, 0.6) is 0 Å². The molecule has 0 unspecified atom stereocenters. The molecule has 2 aromatic rings. The molecule has 0 spiro atoms. The van der Waals surface area contributed by atoms with Gasteiger partial charge >= 0.3 is 0 Å². The minimum absolute atomic E-state index is 0.214. The molecule has 0 N–H and O–H groups in total. The van der Waals surface area contributed by atoms with Crippen molar-refractivity contribution in [1.29, 1.82) is 0 Å². The van der Waals surface area contributed by atoms with E-state index < -0.39 is 0 Å². The first-order valence-corrected chi connectivity index (χ1v) is 4.69. The third-order valence-corrected chi connectivity index (χ3v) is 2.38. The van der Waals surface area contributed by atoms with Crippen LogP contribution in [-0.2, 0) is 7.05 Å². The van der Waals surface area contributed by atoms with Gasteiger partial charge in [0.05, 0.1) is 11.8 Å². The van der Waals surface area contributed by atoms with E-state index in [1.807, 2.05) is 13.2 Å². The van der Waals surface area contributed by atoms with E-state index >= 15 is 0 Å². The molecule has 0 radical (unpaired) electrons. The number of halogens is 1. The molecule has 0 atom stereocenters. The Morgan fingerprint density at radius 3 is 2.93 bits per heavy atom. The largest absolute Gasteiger partial charge is 0.298 e. The van der Waals surface area contributed by atoms with Gasteiger partial charge in [0.25, 0.3) is 0 Å². The molecule has 2 aromatic heterocycles. The lowest BCUT2D eigenvalue weighted by Gasteiger charge is -2.02. The summed E-state index contributed by atoms with van der Waals surface area (Å²) >= 11 is 5.82. The molecular weight excluding hydrogens is 214 g/mol. The molecule has 0 saturated carbocycles. The van der Waals surface area contributed by atoms with Gasteiger partial charge in [0, 0.05) is 25.0 Å². The number of aromatic nitrogens is 3. The number of aldehydes is 1. The van der Waals surface area contributed by atoms with Crippen molar-refractivity contribution in [3.8, 4) is 11.1 Å². The maximum atomic E-state index is 10.9. The van der Waals surface area contributed by atoms with Crippen LogP contribution in [0.2, 0.25) is 5.15 Å². The van der Waals surface area contributed by atoms with E-state index in [-0.39, 0.29) is 5.15 Å². The lowest BCUT2D eigenvalue weighted by Crippen LogP contribution is -1.90. The fraction of sp³-hybridized carbons (Fsp3) is 0.100. The molecule has 2 rings (SSSR count). The highest BCUT2D eigenvalue weighted by Crippen LogP contribution is 2.25. The SMILES string of the molecule is Cn1cc(-c2ccnc(Cl)c2C=O)cn1. The summed E-state index contributed by atoms with van der Waals surface area (Å²) in [7, 11) is 1.81. The van der Waals surface area contributed by atoms with Crippen LogP contribution in [0.15, 0.2) is 24.7 Å². The number of hydrogen-bond acceptors (Lipinski definition) is 3. The highest BCUT2D eigenvalue weighted by Gasteiger charge is 2.10. The molecule has 0 aromatic carbocycles. The highest BCUT2D eigenvalue weighted by molar-refractivity contribution is 6.32. The van der Waals surface area contributed by atoms with Crippen LogP contribution in [0.4, 0.5) is 0 Å². The standard InChI is InChI=1S/C10H8ClN3O/c1-14-5-7(4-13-14)8-2-3-12-10(11)9(8)6-15/h2-6H,1H3. The number of carbonyl (C=O) groups excluding carboxylic acids is 1. The van der Waals surface area contributed by atoms with Gasteiger partial charge in [-0.25, -0.2) is 4.98 Å². The second kappa shape index (κ2) is 3.82. The second-order valence-corrected chi connectivity index (χ2v) is 3.44. The highest BCUT2D eigenvalue weighted by atomic mass is 35.5. The van der Waals surface area contributed by atoms with Crippen LogP contribution in [-0.4, -0.2) is 21.1 Å². The van der Waals surface area contributed by atoms with Crippen molar-refractivity contribution in [3.63, 3.8) is 0 Å². The lowest BCUT2D eigenvalue weighted by atomic mass is 10.1. The molecule has 0 amide bonds. The Bertz CT molecular complexity index is 507. The Labute approximate surface area is 91.5 Å². The van der Waals surface area contributed by atoms with Crippen LogP contribution in [0.3, 0.4) is 0 Å². The van der Waals surface area contributed by atoms with Crippen LogP contribution in [0, 0.1) is 0 Å². The summed E-state index contributed by atoms with van der Waals surface area (Å²) in [4.78, 5) is 14.7. The van der Waals surface area contributed by atoms with Gasteiger partial charge in [-0.1, -0.05) is 11.6 Å². The second-order valence-electron chi connectivity index (χ2n) is 3.08. The van der Waals surface area contributed by atoms with E-state index in [4.69, 9.17) is 11.6 Å². The van der Waals surface area contributed by atoms with Crippen molar-refractivity contribution < 1.29 is 4.79 Å². The van der Waals surface area contributed by atoms with E-state index in [2.05, 4.69) is 10.1 Å². The number of hydrogen-bond donors (Lipinski definition) is 0. The molecule has 4 nitrogen and oxygen atoms in total. The molecule has 0 aliphatic rings. The number of carbonyl (C=O) groups is 1. The van der Waals surface area contributed by atoms with Gasteiger partial charge in [0.2, 0.25) is 0 Å². The van der Waals surface area contributed by atoms with E-state index in [1.54, 1.807) is 23.1 Å². The summed E-state index contributed by atoms with van der Waals surface area (Å²) in [5.74, 6) is 0. The maximum Gasteiger partial charge on any atom is 0.153 e. The summed E-state index contributed by atoms with van der Waals surface area (Å²) in [6, 6.07) is 1.74. The zero-order valence-corrected chi connectivity index (χ0v) is 8.77. The molecule has 0 bridgehead atoms. The van der Waals surface area contributed by atoms with Gasteiger partial charge in [-0.2, -0.15) is 5.10 Å². The zero-order chi connectivity index (χ0) is 10.8. The third-order valence-electron chi connectivity index (χ3n) is 2.08. The van der Waals surface area contributed by atoms with Crippen molar-refractivity contribution in [2.75, 3.05) is 0 Å². The Balaban J connectivity index is 2.62. The molecule has 76 valence electrons. The van der Waals surface area contributed by atoms with Crippen LogP contribution in [0.1, 0.15) is 10.4 Å². The first-order valence-electron chi connectivity index (χ1n) is 4.31. The Morgan fingerprint density at radius 2 is 2.33 bits per heavy atom. The molecule has 0 aliphatic heterocycles. The van der Waals surface area contributed by atoms with Gasteiger partial charge < -0.3 is 0 Å². The van der Waals surface area contributed by atoms with Crippen molar-refractivity contribution in [2.24, 2.45) is 7.05 Å². The smallest absolute Gasteiger partial charge is 0.153 e. The van der Waals surface area contributed by atoms with Crippen molar-refractivity contribution in [1.82, 2.24) is 14.8 Å². The summed E-state index contributed by atoms with van der Waals surface area (Å²) in [5, 5.41) is 4.25. The first-order chi connectivity index (χ1) is 7.22. The van der Waals surface area contributed by atoms with Crippen LogP contribution >= 0.6 is 11.6 Å². The summed E-state index contributed by atoms with van der Waals surface area (Å²) in [6.45, 7) is 0. The van der Waals surface area contributed by atoms with Crippen LogP contribution < -0.4 is 0 Å². The molecule has 0 fully saturated rings. The van der Waals surface area contributed by atoms with E-state index in [0.29, 0.717) is 11.8 Å². The van der Waals surface area contributed by atoms with Crippen molar-refractivity contribution in [3.05, 3.63) is 35.4 Å². The number of rotatable bonds is 2. The van der Waals surface area contributed by atoms with Gasteiger partial charge in [-0.05, 0) is 11.6 Å². The van der Waals surface area contributed by atoms with Crippen molar-refractivity contribution in [2.45, 2.75) is 0 Å². The fourth-order valence-electron chi connectivity index (χ4n) is 1.37. The molecule has 0 aliphatic carbocycles. The number of nitrogens with zero attached hydrogens (tertiary/aromatic N) is 3. The first kappa shape index (κ1) is 9.86. The normalized spacial score (nSPS) is 10.3. The summed E-state index contributed by atoms with van der Waals surface area (Å²) < 4.78 is 1.66. The number of aryl methyl sites for hydroxylation is 1. The minimum atomic E-state index is 0.214. The Hall–Kier alpha value is -1.68. The quantitative estimate of drug-likeness (QED) is 0.575. The summed E-state index contributed by atoms with van der Waals surface area (Å²) in [5.41, 5.74) is 1.99. The monoisotopic (exact) mass is 221 g/mol. The molecule has 15 heavy (non-hydrogen) atoms. The van der Waals surface area contributed by atoms with Gasteiger partial charge in [-0.15, -0.1) is 0 Å². The predicted octanol–water partition coefficient (Wildman–Crippen LogP) is 1.95. The fourth-order valence-corrected chi connectivity index (χ4v) is 1.57. The van der Waals surface area contributed by atoms with E-state index in [1.165, 1.54) is 0 Å². The van der Waals surface area contributed by atoms with E-state index in [9.17, 15) is 4.79 Å². The predicted molar refractivity (Wildman–Crippen MR) is 56.8 cm³/mol. The molecule has 0 saturated heterocycles. The van der Waals surface area contributed by atoms with Gasteiger partial charge in [0.1, 0.15) is 5.15 Å². The lowest BCUT2D eigenvalue weighted by molar-refractivity contribution is 0.112. The third kappa shape index (κ3) is 1.76. The summed E-state index contributed by atoms with van der Waals surface area (Å²) in [6.07, 6.45) is 5.77. The average Bonchev–Trinajstić information content (AvgIpc) is 2.64. The van der Waals surface area contributed by atoms with E-state index in [0.717, 1.165) is 11.1 Å². The van der Waals surface area contributed by atoms with Crippen LogP contribution in [0.25, 0.3) is 11.1 Å². The van der Waals surface area contributed by atoms with Gasteiger partial charge in [-0.3, -0.25) is 9.48 Å². The maximum absolute atomic E-state index is 10.9. The van der Waals surface area contributed by atoms with Gasteiger partial charge in [0.15, 0.2) is 6.29 Å². The number of pyridine rings is 1. The Morgan fingerprint density at radius 1 is 1.53 bits per heavy atom. The average molecular weight is 222 g/mol. The topological polar surface area (TPSA) is 47.8 Å². The molecular formula is C10H8ClN3O.